The molecule has 0 aliphatic heterocycles. The fourth-order valence-electron chi connectivity index (χ4n) is 7.64. The molecule has 0 unspecified atom stereocenters. The fourth-order valence-corrected chi connectivity index (χ4v) is 7.64. The molecule has 0 aliphatic rings. The van der Waals surface area contributed by atoms with E-state index in [1.807, 2.05) is 109 Å². The van der Waals surface area contributed by atoms with Gasteiger partial charge in [0.15, 0.2) is 0 Å². The maximum absolute atomic E-state index is 10.5. The van der Waals surface area contributed by atoms with Gasteiger partial charge in [-0.25, -0.2) is 0 Å². The van der Waals surface area contributed by atoms with Gasteiger partial charge in [-0.3, -0.25) is 0 Å². The van der Waals surface area contributed by atoms with Crippen LogP contribution in [0.1, 0.15) is 22.3 Å². The summed E-state index contributed by atoms with van der Waals surface area (Å²) in [5.74, 6) is 0. The lowest BCUT2D eigenvalue weighted by atomic mass is 9.89. The van der Waals surface area contributed by atoms with Crippen molar-refractivity contribution in [1.82, 2.24) is 9.13 Å². The van der Waals surface area contributed by atoms with E-state index in [0.717, 1.165) is 77.2 Å². The highest BCUT2D eigenvalue weighted by molar-refractivity contribution is 6.11. The summed E-state index contributed by atoms with van der Waals surface area (Å²) in [4.78, 5) is 0. The first-order valence-corrected chi connectivity index (χ1v) is 16.7. The number of rotatable bonds is 4. The van der Waals surface area contributed by atoms with Crippen LogP contribution in [0.4, 0.5) is 0 Å². The third-order valence-corrected chi connectivity index (χ3v) is 9.82. The van der Waals surface area contributed by atoms with E-state index in [9.17, 15) is 21.0 Å². The Bertz CT molecular complexity index is 3130. The molecule has 238 valence electrons. The minimum absolute atomic E-state index is 0.474. The maximum atomic E-state index is 10.5. The number of aromatic nitrogens is 2. The van der Waals surface area contributed by atoms with Crippen LogP contribution in [0.2, 0.25) is 0 Å². The predicted molar refractivity (Wildman–Crippen MR) is 205 cm³/mol. The van der Waals surface area contributed by atoms with Crippen molar-refractivity contribution < 1.29 is 0 Å². The SMILES string of the molecule is N#Cc1cc(-c2c(-c3ccccc3C#N)cccc2-n2c3ccccc3c3cc(C#N)ccc32)cc(-n2c3ccccc3c3cc(C#N)ccc32)c1. The Labute approximate surface area is 298 Å². The Morgan fingerprint density at radius 2 is 0.942 bits per heavy atom. The molecular weight excluding hydrogens is 637 g/mol. The van der Waals surface area contributed by atoms with E-state index in [2.05, 4.69) is 69.8 Å². The van der Waals surface area contributed by atoms with Crippen molar-refractivity contribution in [2.45, 2.75) is 0 Å². The van der Waals surface area contributed by atoms with E-state index in [4.69, 9.17) is 0 Å². The number of para-hydroxylation sites is 2. The molecule has 9 rings (SSSR count). The quantitative estimate of drug-likeness (QED) is 0.187. The Hall–Kier alpha value is -7.90. The van der Waals surface area contributed by atoms with Crippen LogP contribution >= 0.6 is 0 Å². The van der Waals surface area contributed by atoms with Crippen molar-refractivity contribution in [3.63, 3.8) is 0 Å². The molecule has 6 nitrogen and oxygen atoms in total. The first-order valence-electron chi connectivity index (χ1n) is 16.7. The molecule has 0 amide bonds. The second-order valence-corrected chi connectivity index (χ2v) is 12.6. The third kappa shape index (κ3) is 4.54. The molecule has 9 aromatic rings. The minimum Gasteiger partial charge on any atom is -0.309 e. The van der Waals surface area contributed by atoms with Gasteiger partial charge in [-0.2, -0.15) is 21.0 Å². The molecule has 0 radical (unpaired) electrons. The zero-order valence-electron chi connectivity index (χ0n) is 27.5. The second kappa shape index (κ2) is 11.9. The van der Waals surface area contributed by atoms with E-state index in [1.54, 1.807) is 0 Å². The Morgan fingerprint density at radius 1 is 0.385 bits per heavy atom. The normalized spacial score (nSPS) is 11.0. The Balaban J connectivity index is 1.42. The molecule has 0 bridgehead atoms. The highest BCUT2D eigenvalue weighted by Gasteiger charge is 2.22. The molecule has 0 atom stereocenters. The molecule has 0 spiro atoms. The number of benzene rings is 7. The molecule has 6 heteroatoms. The summed E-state index contributed by atoms with van der Waals surface area (Å²) < 4.78 is 4.35. The van der Waals surface area contributed by atoms with E-state index < -0.39 is 0 Å². The van der Waals surface area contributed by atoms with E-state index >= 15 is 0 Å². The van der Waals surface area contributed by atoms with E-state index in [1.165, 1.54) is 0 Å². The Kier molecular flexibility index (Phi) is 6.91. The molecule has 0 fully saturated rings. The van der Waals surface area contributed by atoms with Gasteiger partial charge >= 0.3 is 0 Å². The van der Waals surface area contributed by atoms with Crippen LogP contribution in [0, 0.1) is 45.3 Å². The average molecular weight is 661 g/mol. The van der Waals surface area contributed by atoms with Gasteiger partial charge in [0.25, 0.3) is 0 Å². The third-order valence-electron chi connectivity index (χ3n) is 9.82. The van der Waals surface area contributed by atoms with E-state index in [-0.39, 0.29) is 0 Å². The van der Waals surface area contributed by atoms with Crippen LogP contribution in [0.3, 0.4) is 0 Å². The molecule has 7 aromatic carbocycles. The average Bonchev–Trinajstić information content (AvgIpc) is 3.72. The first-order chi connectivity index (χ1) is 25.6. The summed E-state index contributed by atoms with van der Waals surface area (Å²) in [6, 6.07) is 56.6. The molecule has 2 heterocycles. The molecule has 2 aromatic heterocycles. The lowest BCUT2D eigenvalue weighted by molar-refractivity contribution is 1.17. The lowest BCUT2D eigenvalue weighted by Crippen LogP contribution is -2.02. The van der Waals surface area contributed by atoms with Gasteiger partial charge in [-0.15, -0.1) is 0 Å². The Morgan fingerprint density at radius 3 is 1.60 bits per heavy atom. The van der Waals surface area contributed by atoms with Crippen LogP contribution in [-0.4, -0.2) is 9.13 Å². The predicted octanol–water partition coefficient (Wildman–Crippen LogP) is 10.7. The smallest absolute Gasteiger partial charge is 0.0998 e. The number of hydrogen-bond acceptors (Lipinski definition) is 4. The molecular formula is C46H24N6. The maximum Gasteiger partial charge on any atom is 0.0998 e. The molecule has 0 saturated carbocycles. The monoisotopic (exact) mass is 660 g/mol. The van der Waals surface area contributed by atoms with Crippen molar-refractivity contribution in [3.05, 3.63) is 168 Å². The second-order valence-electron chi connectivity index (χ2n) is 12.6. The number of nitriles is 4. The standard InChI is InChI=1S/C46H24N6/c47-25-29-16-18-43-39(22-29)36-10-3-5-13-41(36)51(43)34-21-31(27-49)20-33(24-34)46-38(35-9-2-1-8-32(35)28-50)12-7-15-45(46)52-42-14-6-4-11-37(42)40-23-30(26-48)17-19-44(40)52/h1-24H. The molecule has 0 aliphatic carbocycles. The van der Waals surface area contributed by atoms with Gasteiger partial charge in [0.05, 0.1) is 74.3 Å². The molecule has 0 N–H and O–H groups in total. The fraction of sp³-hybridized carbons (Fsp3) is 0. The van der Waals surface area contributed by atoms with Crippen LogP contribution in [-0.2, 0) is 0 Å². The summed E-state index contributed by atoms with van der Waals surface area (Å²) in [6.45, 7) is 0. The minimum atomic E-state index is 0.474. The van der Waals surface area contributed by atoms with Crippen LogP contribution in [0.15, 0.2) is 146 Å². The highest BCUT2D eigenvalue weighted by Crippen LogP contribution is 2.43. The molecule has 52 heavy (non-hydrogen) atoms. The van der Waals surface area contributed by atoms with Gasteiger partial charge in [0, 0.05) is 38.4 Å². The number of nitrogens with zero attached hydrogens (tertiary/aromatic N) is 6. The van der Waals surface area contributed by atoms with E-state index in [0.29, 0.717) is 22.3 Å². The zero-order chi connectivity index (χ0) is 35.3. The first kappa shape index (κ1) is 30.2. The van der Waals surface area contributed by atoms with Gasteiger partial charge in [-0.05, 0) is 90.0 Å². The highest BCUT2D eigenvalue weighted by atomic mass is 15.0. The van der Waals surface area contributed by atoms with Crippen molar-refractivity contribution in [2.75, 3.05) is 0 Å². The van der Waals surface area contributed by atoms with Crippen LogP contribution in [0.25, 0.3) is 77.2 Å². The summed E-state index contributed by atoms with van der Waals surface area (Å²) in [7, 11) is 0. The summed E-state index contributed by atoms with van der Waals surface area (Å²) in [6.07, 6.45) is 0. The largest absolute Gasteiger partial charge is 0.309 e. The van der Waals surface area contributed by atoms with Crippen molar-refractivity contribution in [3.8, 4) is 57.9 Å². The lowest BCUT2D eigenvalue weighted by Gasteiger charge is -2.20. The topological polar surface area (TPSA) is 105 Å². The van der Waals surface area contributed by atoms with Gasteiger partial charge < -0.3 is 9.13 Å². The van der Waals surface area contributed by atoms with Crippen molar-refractivity contribution in [1.29, 1.82) is 21.0 Å². The van der Waals surface area contributed by atoms with Crippen LogP contribution in [0.5, 0.6) is 0 Å². The number of hydrogen-bond donors (Lipinski definition) is 0. The summed E-state index contributed by atoms with van der Waals surface area (Å²) in [5.41, 5.74) is 10.8. The van der Waals surface area contributed by atoms with Crippen molar-refractivity contribution >= 4 is 43.6 Å². The van der Waals surface area contributed by atoms with Gasteiger partial charge in [-0.1, -0.05) is 66.7 Å². The van der Waals surface area contributed by atoms with Crippen LogP contribution < -0.4 is 0 Å². The van der Waals surface area contributed by atoms with Gasteiger partial charge in [0.2, 0.25) is 0 Å². The summed E-state index contributed by atoms with van der Waals surface area (Å²) in [5, 5.41) is 44.2. The summed E-state index contributed by atoms with van der Waals surface area (Å²) >= 11 is 0. The van der Waals surface area contributed by atoms with Gasteiger partial charge in [0.1, 0.15) is 0 Å². The van der Waals surface area contributed by atoms with Crippen molar-refractivity contribution in [2.24, 2.45) is 0 Å². The number of fused-ring (bicyclic) bond motifs is 6. The zero-order valence-corrected chi connectivity index (χ0v) is 27.5. The molecule has 0 saturated heterocycles.